The third kappa shape index (κ3) is 2.14. The van der Waals surface area contributed by atoms with Gasteiger partial charge in [0.2, 0.25) is 0 Å². The Labute approximate surface area is 96.0 Å². The molecule has 0 radical (unpaired) electrons. The molecule has 0 amide bonds. The normalized spacial score (nSPS) is 18.2. The lowest BCUT2D eigenvalue weighted by molar-refractivity contribution is -0.156. The molecule has 1 aliphatic heterocycles. The second kappa shape index (κ2) is 4.34. The molecule has 2 rings (SSSR count). The van der Waals surface area contributed by atoms with Crippen LogP contribution >= 0.6 is 0 Å². The zero-order valence-corrected chi connectivity index (χ0v) is 9.77. The van der Waals surface area contributed by atoms with Gasteiger partial charge in [0.05, 0.1) is 25.2 Å². The van der Waals surface area contributed by atoms with Gasteiger partial charge in [-0.1, -0.05) is 13.8 Å². The molecule has 1 heterocycles. The number of ether oxygens (including phenoxy) is 2. The highest BCUT2D eigenvalue weighted by Gasteiger charge is 2.42. The van der Waals surface area contributed by atoms with Crippen LogP contribution in [0.15, 0.2) is 24.3 Å². The third-order valence-electron chi connectivity index (χ3n) is 3.37. The quantitative estimate of drug-likeness (QED) is 0.850. The second-order valence-corrected chi connectivity index (χ2v) is 4.79. The fraction of sp³-hybridized carbons (Fsp3) is 0.538. The minimum atomic E-state index is 0.165. The minimum absolute atomic E-state index is 0.165. The summed E-state index contributed by atoms with van der Waals surface area (Å²) in [5.41, 5.74) is 0.165. The third-order valence-corrected chi connectivity index (χ3v) is 3.37. The summed E-state index contributed by atoms with van der Waals surface area (Å²) in [7, 11) is 0. The van der Waals surface area contributed by atoms with Crippen molar-refractivity contribution in [3.63, 3.8) is 0 Å². The van der Waals surface area contributed by atoms with Gasteiger partial charge in [0.1, 0.15) is 11.5 Å². The highest BCUT2D eigenvalue weighted by molar-refractivity contribution is 5.30. The van der Waals surface area contributed by atoms with Crippen molar-refractivity contribution < 1.29 is 14.6 Å². The molecule has 0 unspecified atom stereocenters. The Balaban J connectivity index is 1.93. The molecule has 0 aromatic heterocycles. The molecule has 0 bridgehead atoms. The lowest BCUT2D eigenvalue weighted by Gasteiger charge is -2.44. The molecule has 1 aliphatic rings. The van der Waals surface area contributed by atoms with Crippen molar-refractivity contribution in [2.75, 3.05) is 19.8 Å². The van der Waals surface area contributed by atoms with Gasteiger partial charge in [0.25, 0.3) is 0 Å². The zero-order valence-electron chi connectivity index (χ0n) is 9.77. The van der Waals surface area contributed by atoms with E-state index >= 15 is 0 Å². The summed E-state index contributed by atoms with van der Waals surface area (Å²) in [4.78, 5) is 0. The van der Waals surface area contributed by atoms with Gasteiger partial charge in [-0.3, -0.25) is 0 Å². The van der Waals surface area contributed by atoms with Gasteiger partial charge in [-0.05, 0) is 30.2 Å². The number of rotatable bonds is 4. The number of phenolic OH excluding ortho intramolecular Hbond substituents is 1. The first-order valence-electron chi connectivity index (χ1n) is 5.62. The smallest absolute Gasteiger partial charge is 0.119 e. The van der Waals surface area contributed by atoms with E-state index in [4.69, 9.17) is 14.6 Å². The topological polar surface area (TPSA) is 38.7 Å². The molecule has 0 spiro atoms. The van der Waals surface area contributed by atoms with E-state index in [1.807, 2.05) is 0 Å². The first-order chi connectivity index (χ1) is 7.62. The summed E-state index contributed by atoms with van der Waals surface area (Å²) >= 11 is 0. The molecular weight excluding hydrogens is 204 g/mol. The van der Waals surface area contributed by atoms with E-state index in [0.29, 0.717) is 12.5 Å². The Bertz CT molecular complexity index is 339. The number of aromatic hydroxyl groups is 1. The maximum Gasteiger partial charge on any atom is 0.119 e. The predicted molar refractivity (Wildman–Crippen MR) is 61.7 cm³/mol. The molecule has 0 atom stereocenters. The van der Waals surface area contributed by atoms with E-state index in [9.17, 15) is 0 Å². The van der Waals surface area contributed by atoms with Gasteiger partial charge < -0.3 is 14.6 Å². The van der Waals surface area contributed by atoms with Gasteiger partial charge in [0.15, 0.2) is 0 Å². The van der Waals surface area contributed by atoms with Crippen molar-refractivity contribution >= 4 is 0 Å². The Morgan fingerprint density at radius 2 is 1.94 bits per heavy atom. The summed E-state index contributed by atoms with van der Waals surface area (Å²) in [5, 5.41) is 9.15. The van der Waals surface area contributed by atoms with Gasteiger partial charge >= 0.3 is 0 Å². The van der Waals surface area contributed by atoms with Crippen LogP contribution in [0.5, 0.6) is 11.5 Å². The summed E-state index contributed by atoms with van der Waals surface area (Å²) in [6.07, 6.45) is 0. The Morgan fingerprint density at radius 1 is 1.31 bits per heavy atom. The summed E-state index contributed by atoms with van der Waals surface area (Å²) < 4.78 is 11.0. The zero-order chi connectivity index (χ0) is 11.6. The van der Waals surface area contributed by atoms with E-state index in [2.05, 4.69) is 13.8 Å². The standard InChI is InChI=1S/C13H18O3/c1-10(2)13(7-15-8-13)9-16-12-5-3-11(14)4-6-12/h3-6,10,14H,7-9H2,1-2H3. The minimum Gasteiger partial charge on any atom is -0.508 e. The van der Waals surface area contributed by atoms with Crippen LogP contribution in [-0.2, 0) is 4.74 Å². The lowest BCUT2D eigenvalue weighted by atomic mass is 9.76. The molecule has 1 aromatic rings. The first-order valence-corrected chi connectivity index (χ1v) is 5.62. The van der Waals surface area contributed by atoms with Crippen LogP contribution in [0.2, 0.25) is 0 Å². The molecule has 0 aliphatic carbocycles. The molecule has 1 fully saturated rings. The van der Waals surface area contributed by atoms with Crippen LogP contribution < -0.4 is 4.74 Å². The van der Waals surface area contributed by atoms with Crippen molar-refractivity contribution in [1.29, 1.82) is 0 Å². The molecule has 3 heteroatoms. The van der Waals surface area contributed by atoms with Crippen molar-refractivity contribution in [3.05, 3.63) is 24.3 Å². The van der Waals surface area contributed by atoms with Gasteiger partial charge in [-0.2, -0.15) is 0 Å². The summed E-state index contributed by atoms with van der Waals surface area (Å²) in [5.74, 6) is 1.61. The van der Waals surface area contributed by atoms with Crippen molar-refractivity contribution in [2.45, 2.75) is 13.8 Å². The van der Waals surface area contributed by atoms with Gasteiger partial charge in [-0.25, -0.2) is 0 Å². The van der Waals surface area contributed by atoms with Crippen LogP contribution in [0, 0.1) is 11.3 Å². The van der Waals surface area contributed by atoms with Crippen LogP contribution in [-0.4, -0.2) is 24.9 Å². The fourth-order valence-electron chi connectivity index (χ4n) is 1.72. The van der Waals surface area contributed by atoms with Crippen LogP contribution in [0.4, 0.5) is 0 Å². The molecule has 1 N–H and O–H groups in total. The number of hydrogen-bond acceptors (Lipinski definition) is 3. The molecule has 1 aromatic carbocycles. The van der Waals surface area contributed by atoms with E-state index in [1.54, 1.807) is 24.3 Å². The number of benzene rings is 1. The monoisotopic (exact) mass is 222 g/mol. The molecular formula is C13H18O3. The average molecular weight is 222 g/mol. The lowest BCUT2D eigenvalue weighted by Crippen LogP contribution is -2.50. The van der Waals surface area contributed by atoms with Crippen LogP contribution in [0.3, 0.4) is 0 Å². The summed E-state index contributed by atoms with van der Waals surface area (Å²) in [6.45, 7) is 6.63. The molecule has 88 valence electrons. The molecule has 0 saturated carbocycles. The van der Waals surface area contributed by atoms with E-state index in [-0.39, 0.29) is 11.2 Å². The fourth-order valence-corrected chi connectivity index (χ4v) is 1.72. The highest BCUT2D eigenvalue weighted by Crippen LogP contribution is 2.36. The molecule has 16 heavy (non-hydrogen) atoms. The number of phenols is 1. The number of hydrogen-bond donors (Lipinski definition) is 1. The Morgan fingerprint density at radius 3 is 2.38 bits per heavy atom. The van der Waals surface area contributed by atoms with Crippen molar-refractivity contribution in [3.8, 4) is 11.5 Å². The second-order valence-electron chi connectivity index (χ2n) is 4.79. The molecule has 3 nitrogen and oxygen atoms in total. The average Bonchev–Trinajstić information content (AvgIpc) is 2.18. The van der Waals surface area contributed by atoms with E-state index in [1.165, 1.54) is 0 Å². The Hall–Kier alpha value is -1.22. The van der Waals surface area contributed by atoms with E-state index in [0.717, 1.165) is 19.0 Å². The molecule has 1 saturated heterocycles. The van der Waals surface area contributed by atoms with Crippen LogP contribution in [0.25, 0.3) is 0 Å². The van der Waals surface area contributed by atoms with E-state index < -0.39 is 0 Å². The van der Waals surface area contributed by atoms with Crippen molar-refractivity contribution in [2.24, 2.45) is 11.3 Å². The predicted octanol–water partition coefficient (Wildman–Crippen LogP) is 2.44. The SMILES string of the molecule is CC(C)C1(COc2ccc(O)cc2)COC1. The van der Waals surface area contributed by atoms with Crippen molar-refractivity contribution in [1.82, 2.24) is 0 Å². The van der Waals surface area contributed by atoms with Gasteiger partial charge in [0, 0.05) is 0 Å². The summed E-state index contributed by atoms with van der Waals surface area (Å²) in [6, 6.07) is 6.83. The Kier molecular flexibility index (Phi) is 3.06. The maximum atomic E-state index is 9.15. The first kappa shape index (κ1) is 11.3. The maximum absolute atomic E-state index is 9.15. The van der Waals surface area contributed by atoms with Gasteiger partial charge in [-0.15, -0.1) is 0 Å². The highest BCUT2D eigenvalue weighted by atomic mass is 16.5. The largest absolute Gasteiger partial charge is 0.508 e. The van der Waals surface area contributed by atoms with Crippen LogP contribution in [0.1, 0.15) is 13.8 Å².